The molecule has 1 aliphatic heterocycles. The summed E-state index contributed by atoms with van der Waals surface area (Å²) >= 11 is 1.63. The summed E-state index contributed by atoms with van der Waals surface area (Å²) in [5, 5.41) is 1.30. The number of amides is 1. The highest BCUT2D eigenvalue weighted by molar-refractivity contribution is 7.98. The Morgan fingerprint density at radius 2 is 2.00 bits per heavy atom. The zero-order valence-electron chi connectivity index (χ0n) is 20.1. The summed E-state index contributed by atoms with van der Waals surface area (Å²) in [7, 11) is 1.35. The maximum absolute atomic E-state index is 13.3. The van der Waals surface area contributed by atoms with Crippen LogP contribution in [0.25, 0.3) is 0 Å². The number of carbonyl (C=O) groups is 2. The molecule has 1 saturated heterocycles. The number of hydrogen-bond donors (Lipinski definition) is 0. The number of thioether (sulfide) groups is 1. The lowest BCUT2D eigenvalue weighted by Crippen LogP contribution is -2.48. The summed E-state index contributed by atoms with van der Waals surface area (Å²) in [4.78, 5) is 38.6. The van der Waals surface area contributed by atoms with Gasteiger partial charge in [0.1, 0.15) is 0 Å². The van der Waals surface area contributed by atoms with Crippen molar-refractivity contribution in [1.82, 2.24) is 14.9 Å². The second-order valence-corrected chi connectivity index (χ2v) is 9.43. The van der Waals surface area contributed by atoms with Crippen molar-refractivity contribution in [2.45, 2.75) is 50.7 Å². The van der Waals surface area contributed by atoms with Gasteiger partial charge in [0.05, 0.1) is 13.7 Å². The molecule has 7 nitrogen and oxygen atoms in total. The molecule has 184 valence electrons. The van der Waals surface area contributed by atoms with Crippen LogP contribution in [-0.4, -0.2) is 71.2 Å². The highest BCUT2D eigenvalue weighted by atomic mass is 32.2. The summed E-state index contributed by atoms with van der Waals surface area (Å²) in [6.07, 6.45) is 9.02. The van der Waals surface area contributed by atoms with E-state index in [4.69, 9.17) is 9.57 Å². The smallest absolute Gasteiger partial charge is 0.331 e. The Labute approximate surface area is 206 Å². The molecule has 3 rings (SSSR count). The van der Waals surface area contributed by atoms with Crippen LogP contribution in [0.2, 0.25) is 0 Å². The molecule has 2 heterocycles. The standard InChI is InChI=1S/C26H35N3O4S/c1-32-26(31)24(14-17-34-2)29(25(30)13-12-21-8-4-3-5-9-21)33-20-23-11-7-16-28(23)19-22-10-6-15-27-18-22/h3-6,8-10,15,18,23-24H,7,11-14,16-17,19-20H2,1-2H3/t23?,24-/m0/s1. The zero-order chi connectivity index (χ0) is 24.2. The molecule has 0 bridgehead atoms. The Morgan fingerprint density at radius 3 is 2.71 bits per heavy atom. The van der Waals surface area contributed by atoms with Gasteiger partial charge in [-0.1, -0.05) is 36.4 Å². The summed E-state index contributed by atoms with van der Waals surface area (Å²) in [5.41, 5.74) is 2.23. The van der Waals surface area contributed by atoms with Gasteiger partial charge in [-0.05, 0) is 61.4 Å². The number of nitrogens with zero attached hydrogens (tertiary/aromatic N) is 3. The highest BCUT2D eigenvalue weighted by Gasteiger charge is 2.33. The molecule has 34 heavy (non-hydrogen) atoms. The van der Waals surface area contributed by atoms with E-state index in [1.54, 1.807) is 18.0 Å². The summed E-state index contributed by atoms with van der Waals surface area (Å²) < 4.78 is 5.04. The van der Waals surface area contributed by atoms with Gasteiger partial charge >= 0.3 is 5.97 Å². The fourth-order valence-electron chi connectivity index (χ4n) is 4.22. The predicted octanol–water partition coefficient (Wildman–Crippen LogP) is 3.73. The zero-order valence-corrected chi connectivity index (χ0v) is 20.9. The van der Waals surface area contributed by atoms with Gasteiger partial charge in [0, 0.05) is 31.4 Å². The van der Waals surface area contributed by atoms with Crippen LogP contribution in [0.4, 0.5) is 0 Å². The summed E-state index contributed by atoms with van der Waals surface area (Å²) in [6.45, 7) is 2.11. The average Bonchev–Trinajstić information content (AvgIpc) is 3.32. The number of benzene rings is 1. The molecule has 8 heteroatoms. The second-order valence-electron chi connectivity index (χ2n) is 8.45. The second kappa shape index (κ2) is 14.1. The van der Waals surface area contributed by atoms with Crippen molar-refractivity contribution >= 4 is 23.6 Å². The monoisotopic (exact) mass is 485 g/mol. The van der Waals surface area contributed by atoms with Gasteiger partial charge in [0.25, 0.3) is 0 Å². The van der Waals surface area contributed by atoms with Crippen molar-refractivity contribution in [1.29, 1.82) is 0 Å². The van der Waals surface area contributed by atoms with E-state index < -0.39 is 12.0 Å². The molecule has 0 saturated carbocycles. The number of ether oxygens (including phenoxy) is 1. The third kappa shape index (κ3) is 7.82. The van der Waals surface area contributed by atoms with Gasteiger partial charge in [-0.25, -0.2) is 9.86 Å². The first kappa shape index (κ1) is 26.2. The van der Waals surface area contributed by atoms with Crippen LogP contribution >= 0.6 is 11.8 Å². The largest absolute Gasteiger partial charge is 0.467 e. The van der Waals surface area contributed by atoms with E-state index in [0.29, 0.717) is 19.4 Å². The van der Waals surface area contributed by atoms with Crippen LogP contribution in [0.5, 0.6) is 0 Å². The SMILES string of the molecule is COC(=O)[C@H](CCSC)N(OCC1CCCN1Cc1cccnc1)C(=O)CCc1ccccc1. The fraction of sp³-hybridized carbons (Fsp3) is 0.500. The molecule has 1 fully saturated rings. The highest BCUT2D eigenvalue weighted by Crippen LogP contribution is 2.22. The minimum atomic E-state index is -0.756. The summed E-state index contributed by atoms with van der Waals surface area (Å²) in [5.74, 6) is 0.0835. The Hall–Kier alpha value is -2.42. The molecule has 1 aliphatic rings. The molecule has 2 aromatic rings. The Balaban J connectivity index is 1.68. The minimum Gasteiger partial charge on any atom is -0.467 e. The van der Waals surface area contributed by atoms with E-state index in [0.717, 1.165) is 42.8 Å². The molecule has 1 aromatic carbocycles. The lowest BCUT2D eigenvalue weighted by molar-refractivity contribution is -0.212. The molecule has 0 aliphatic carbocycles. The molecule has 1 aromatic heterocycles. The Kier molecular flexibility index (Phi) is 10.9. The van der Waals surface area contributed by atoms with E-state index in [-0.39, 0.29) is 18.4 Å². The summed E-state index contributed by atoms with van der Waals surface area (Å²) in [6, 6.07) is 13.3. The van der Waals surface area contributed by atoms with Gasteiger partial charge in [-0.3, -0.25) is 19.5 Å². The third-order valence-electron chi connectivity index (χ3n) is 6.08. The number of rotatable bonds is 13. The van der Waals surface area contributed by atoms with Crippen LogP contribution in [0, 0.1) is 0 Å². The third-order valence-corrected chi connectivity index (χ3v) is 6.73. The molecule has 2 atom stereocenters. The van der Waals surface area contributed by atoms with Gasteiger partial charge in [-0.15, -0.1) is 0 Å². The van der Waals surface area contributed by atoms with Crippen LogP contribution in [0.3, 0.4) is 0 Å². The van der Waals surface area contributed by atoms with Gasteiger partial charge < -0.3 is 4.74 Å². The molecule has 0 N–H and O–H groups in total. The topological polar surface area (TPSA) is 72.0 Å². The number of hydrogen-bond acceptors (Lipinski definition) is 7. The molecular formula is C26H35N3O4S. The first-order valence-corrected chi connectivity index (χ1v) is 13.2. The van der Waals surface area contributed by atoms with Gasteiger partial charge in [-0.2, -0.15) is 11.8 Å². The maximum Gasteiger partial charge on any atom is 0.331 e. The first-order chi connectivity index (χ1) is 16.6. The number of aromatic nitrogens is 1. The number of esters is 1. The Bertz CT molecular complexity index is 884. The van der Waals surface area contributed by atoms with Crippen LogP contribution in [0.1, 0.15) is 36.8 Å². The minimum absolute atomic E-state index is 0.170. The number of methoxy groups -OCH3 is 1. The van der Waals surface area contributed by atoms with Crippen molar-refractivity contribution in [3.63, 3.8) is 0 Å². The number of aryl methyl sites for hydroxylation is 1. The Morgan fingerprint density at radius 1 is 1.21 bits per heavy atom. The lowest BCUT2D eigenvalue weighted by Gasteiger charge is -2.32. The number of pyridine rings is 1. The number of likely N-dealkylation sites (tertiary alicyclic amines) is 1. The molecule has 0 spiro atoms. The van der Waals surface area contributed by atoms with Crippen LogP contribution in [0.15, 0.2) is 54.9 Å². The van der Waals surface area contributed by atoms with Crippen LogP contribution < -0.4 is 0 Å². The van der Waals surface area contributed by atoms with E-state index in [2.05, 4.69) is 16.0 Å². The molecule has 1 unspecified atom stereocenters. The normalized spacial score (nSPS) is 16.8. The fourth-order valence-corrected chi connectivity index (χ4v) is 4.68. The van der Waals surface area contributed by atoms with Crippen molar-refractivity contribution < 1.29 is 19.2 Å². The number of carbonyl (C=O) groups excluding carboxylic acids is 2. The molecule has 1 amide bonds. The van der Waals surface area contributed by atoms with Crippen molar-refractivity contribution in [2.75, 3.05) is 32.3 Å². The van der Waals surface area contributed by atoms with E-state index >= 15 is 0 Å². The average molecular weight is 486 g/mol. The predicted molar refractivity (Wildman–Crippen MR) is 134 cm³/mol. The van der Waals surface area contributed by atoms with Crippen molar-refractivity contribution in [2.24, 2.45) is 0 Å². The van der Waals surface area contributed by atoms with Crippen molar-refractivity contribution in [3.8, 4) is 0 Å². The molecule has 0 radical (unpaired) electrons. The lowest BCUT2D eigenvalue weighted by atomic mass is 10.1. The van der Waals surface area contributed by atoms with E-state index in [1.165, 1.54) is 12.2 Å². The quantitative estimate of drug-likeness (QED) is 0.316. The van der Waals surface area contributed by atoms with E-state index in [1.807, 2.05) is 48.9 Å². The van der Waals surface area contributed by atoms with Crippen molar-refractivity contribution in [3.05, 3.63) is 66.0 Å². The van der Waals surface area contributed by atoms with Gasteiger partial charge in [0.2, 0.25) is 5.91 Å². The van der Waals surface area contributed by atoms with Crippen LogP contribution in [-0.2, 0) is 32.1 Å². The van der Waals surface area contributed by atoms with Gasteiger partial charge in [0.15, 0.2) is 6.04 Å². The number of hydroxylamine groups is 2. The molecular weight excluding hydrogens is 450 g/mol. The first-order valence-electron chi connectivity index (χ1n) is 11.8. The van der Waals surface area contributed by atoms with E-state index in [9.17, 15) is 9.59 Å². The maximum atomic E-state index is 13.3.